The van der Waals surface area contributed by atoms with E-state index in [0.717, 1.165) is 17.1 Å². The van der Waals surface area contributed by atoms with Crippen LogP contribution in [0, 0.1) is 12.7 Å². The van der Waals surface area contributed by atoms with E-state index >= 15 is 0 Å². The minimum absolute atomic E-state index is 0.316. The molecule has 1 aromatic heterocycles. The first-order chi connectivity index (χ1) is 11.6. The molecule has 3 rings (SSSR count). The van der Waals surface area contributed by atoms with Gasteiger partial charge in [0.05, 0.1) is 7.11 Å². The number of nitrogens with zero attached hydrogens (tertiary/aromatic N) is 2. The third kappa shape index (κ3) is 3.98. The van der Waals surface area contributed by atoms with Gasteiger partial charge in [0.25, 0.3) is 0 Å². The minimum Gasteiger partial charge on any atom is -0.497 e. The van der Waals surface area contributed by atoms with Crippen molar-refractivity contribution in [3.63, 3.8) is 0 Å². The van der Waals surface area contributed by atoms with Crippen molar-refractivity contribution in [2.75, 3.05) is 17.7 Å². The van der Waals surface area contributed by atoms with E-state index in [-0.39, 0.29) is 5.82 Å². The Morgan fingerprint density at radius 2 is 1.71 bits per heavy atom. The van der Waals surface area contributed by atoms with Crippen molar-refractivity contribution in [3.05, 3.63) is 66.1 Å². The van der Waals surface area contributed by atoms with Crippen molar-refractivity contribution < 1.29 is 9.13 Å². The lowest BCUT2D eigenvalue weighted by molar-refractivity contribution is 0.415. The zero-order valence-electron chi connectivity index (χ0n) is 13.4. The number of hydrogen-bond acceptors (Lipinski definition) is 5. The summed E-state index contributed by atoms with van der Waals surface area (Å²) in [5.41, 5.74) is 2.27. The summed E-state index contributed by atoms with van der Waals surface area (Å²) < 4.78 is 18.4. The number of aryl methyl sites for hydroxylation is 1. The van der Waals surface area contributed by atoms with Gasteiger partial charge in [-0.3, -0.25) is 0 Å². The predicted molar refractivity (Wildman–Crippen MR) is 92.7 cm³/mol. The van der Waals surface area contributed by atoms with Gasteiger partial charge in [0.2, 0.25) is 5.95 Å². The Hall–Kier alpha value is -3.15. The maximum atomic E-state index is 13.3. The van der Waals surface area contributed by atoms with Crippen molar-refractivity contribution in [1.82, 2.24) is 9.97 Å². The molecule has 0 saturated heterocycles. The molecule has 2 aromatic carbocycles. The Kier molecular flexibility index (Phi) is 4.56. The Morgan fingerprint density at radius 1 is 0.917 bits per heavy atom. The lowest BCUT2D eigenvalue weighted by atomic mass is 10.3. The average Bonchev–Trinajstić information content (AvgIpc) is 2.55. The SMILES string of the molecule is COc1ccc(Nc2cc(C)nc(Nc3cccc(F)c3)n2)cc1. The molecular weight excluding hydrogens is 307 g/mol. The predicted octanol–water partition coefficient (Wildman–Crippen LogP) is 4.42. The fourth-order valence-electron chi connectivity index (χ4n) is 2.21. The van der Waals surface area contributed by atoms with Crippen molar-refractivity contribution in [2.45, 2.75) is 6.92 Å². The zero-order chi connectivity index (χ0) is 16.9. The quantitative estimate of drug-likeness (QED) is 0.727. The lowest BCUT2D eigenvalue weighted by Gasteiger charge is -2.10. The van der Waals surface area contributed by atoms with Crippen LogP contribution < -0.4 is 15.4 Å². The molecule has 5 nitrogen and oxygen atoms in total. The molecule has 0 spiro atoms. The maximum absolute atomic E-state index is 13.3. The third-order valence-corrected chi connectivity index (χ3v) is 3.30. The fraction of sp³-hybridized carbons (Fsp3) is 0.111. The second-order valence-corrected chi connectivity index (χ2v) is 5.21. The molecule has 122 valence electrons. The maximum Gasteiger partial charge on any atom is 0.229 e. The fourth-order valence-corrected chi connectivity index (χ4v) is 2.21. The van der Waals surface area contributed by atoms with Crippen LogP contribution in [0.25, 0.3) is 0 Å². The summed E-state index contributed by atoms with van der Waals surface area (Å²) >= 11 is 0. The van der Waals surface area contributed by atoms with Crippen LogP contribution in [0.1, 0.15) is 5.69 Å². The second-order valence-electron chi connectivity index (χ2n) is 5.21. The molecule has 0 unspecified atom stereocenters. The molecule has 0 aliphatic heterocycles. The summed E-state index contributed by atoms with van der Waals surface area (Å²) in [6.45, 7) is 1.87. The van der Waals surface area contributed by atoms with Gasteiger partial charge < -0.3 is 15.4 Å². The number of nitrogens with one attached hydrogen (secondary N) is 2. The summed E-state index contributed by atoms with van der Waals surface area (Å²) in [6, 6.07) is 15.5. The number of methoxy groups -OCH3 is 1. The highest BCUT2D eigenvalue weighted by Gasteiger charge is 2.04. The molecule has 0 bridgehead atoms. The van der Waals surface area contributed by atoms with E-state index in [1.165, 1.54) is 12.1 Å². The molecule has 0 fully saturated rings. The number of halogens is 1. The molecular formula is C18H17FN4O. The Balaban J connectivity index is 1.80. The van der Waals surface area contributed by atoms with E-state index < -0.39 is 0 Å². The van der Waals surface area contributed by atoms with Gasteiger partial charge >= 0.3 is 0 Å². The van der Waals surface area contributed by atoms with Gasteiger partial charge in [-0.05, 0) is 49.4 Å². The van der Waals surface area contributed by atoms with Crippen LogP contribution in [-0.4, -0.2) is 17.1 Å². The van der Waals surface area contributed by atoms with E-state index in [1.54, 1.807) is 19.2 Å². The molecule has 24 heavy (non-hydrogen) atoms. The average molecular weight is 324 g/mol. The molecule has 0 aliphatic rings. The summed E-state index contributed by atoms with van der Waals surface area (Å²) in [7, 11) is 1.63. The molecule has 2 N–H and O–H groups in total. The van der Waals surface area contributed by atoms with Gasteiger partial charge in [0.1, 0.15) is 17.4 Å². The second kappa shape index (κ2) is 6.95. The van der Waals surface area contributed by atoms with Gasteiger partial charge in [0, 0.05) is 23.1 Å². The van der Waals surface area contributed by atoms with E-state index in [0.29, 0.717) is 17.5 Å². The number of hydrogen-bond donors (Lipinski definition) is 2. The molecule has 0 atom stereocenters. The molecule has 0 aliphatic carbocycles. The first kappa shape index (κ1) is 15.7. The van der Waals surface area contributed by atoms with Crippen molar-refractivity contribution in [3.8, 4) is 5.75 Å². The first-order valence-electron chi connectivity index (χ1n) is 7.42. The standard InChI is InChI=1S/C18H17FN4O/c1-12-10-17(21-14-6-8-16(24-2)9-7-14)23-18(20-12)22-15-5-3-4-13(19)11-15/h3-11H,1-2H3,(H2,20,21,22,23). The largest absolute Gasteiger partial charge is 0.497 e. The van der Waals surface area contributed by atoms with Crippen molar-refractivity contribution >= 4 is 23.1 Å². The van der Waals surface area contributed by atoms with E-state index in [4.69, 9.17) is 4.74 Å². The third-order valence-electron chi connectivity index (χ3n) is 3.30. The van der Waals surface area contributed by atoms with Crippen LogP contribution in [0.4, 0.5) is 27.5 Å². The van der Waals surface area contributed by atoms with Crippen LogP contribution in [0.2, 0.25) is 0 Å². The monoisotopic (exact) mass is 324 g/mol. The first-order valence-corrected chi connectivity index (χ1v) is 7.42. The van der Waals surface area contributed by atoms with E-state index in [2.05, 4.69) is 20.6 Å². The summed E-state index contributed by atoms with van der Waals surface area (Å²) in [5.74, 6) is 1.51. The number of anilines is 4. The molecule has 1 heterocycles. The molecule has 0 saturated carbocycles. The Morgan fingerprint density at radius 3 is 2.42 bits per heavy atom. The zero-order valence-corrected chi connectivity index (χ0v) is 13.4. The van der Waals surface area contributed by atoms with Gasteiger partial charge in [-0.25, -0.2) is 9.37 Å². The number of rotatable bonds is 5. The van der Waals surface area contributed by atoms with Gasteiger partial charge in [-0.2, -0.15) is 4.98 Å². The summed E-state index contributed by atoms with van der Waals surface area (Å²) in [4.78, 5) is 8.73. The Bertz CT molecular complexity index is 837. The summed E-state index contributed by atoms with van der Waals surface area (Å²) in [6.07, 6.45) is 0. The van der Waals surface area contributed by atoms with Gasteiger partial charge in [-0.1, -0.05) is 6.07 Å². The highest BCUT2D eigenvalue weighted by Crippen LogP contribution is 2.21. The normalized spacial score (nSPS) is 10.3. The molecule has 0 amide bonds. The van der Waals surface area contributed by atoms with Crippen LogP contribution in [-0.2, 0) is 0 Å². The highest BCUT2D eigenvalue weighted by atomic mass is 19.1. The van der Waals surface area contributed by atoms with Gasteiger partial charge in [-0.15, -0.1) is 0 Å². The van der Waals surface area contributed by atoms with Crippen LogP contribution in [0.5, 0.6) is 5.75 Å². The lowest BCUT2D eigenvalue weighted by Crippen LogP contribution is -2.02. The van der Waals surface area contributed by atoms with Crippen molar-refractivity contribution in [1.29, 1.82) is 0 Å². The molecule has 6 heteroatoms. The number of ether oxygens (including phenoxy) is 1. The molecule has 0 radical (unpaired) electrons. The van der Waals surface area contributed by atoms with Crippen LogP contribution in [0.15, 0.2) is 54.6 Å². The van der Waals surface area contributed by atoms with E-state index in [9.17, 15) is 4.39 Å². The number of benzene rings is 2. The Labute approximate surface area is 139 Å². The van der Waals surface area contributed by atoms with E-state index in [1.807, 2.05) is 37.3 Å². The highest BCUT2D eigenvalue weighted by molar-refractivity contribution is 5.60. The minimum atomic E-state index is -0.316. The van der Waals surface area contributed by atoms with Crippen LogP contribution >= 0.6 is 0 Å². The molecule has 3 aromatic rings. The van der Waals surface area contributed by atoms with Crippen LogP contribution in [0.3, 0.4) is 0 Å². The topological polar surface area (TPSA) is 59.1 Å². The summed E-state index contributed by atoms with van der Waals surface area (Å²) in [5, 5.41) is 6.22. The van der Waals surface area contributed by atoms with Gasteiger partial charge in [0.15, 0.2) is 0 Å². The smallest absolute Gasteiger partial charge is 0.229 e. The number of aromatic nitrogens is 2. The van der Waals surface area contributed by atoms with Crippen molar-refractivity contribution in [2.24, 2.45) is 0 Å².